The molecule has 0 saturated heterocycles. The molecule has 2 rings (SSSR count). The molecule has 1 atom stereocenters. The molecule has 0 spiro atoms. The van der Waals surface area contributed by atoms with Crippen molar-refractivity contribution in [2.75, 3.05) is 6.54 Å². The van der Waals surface area contributed by atoms with E-state index in [9.17, 15) is 17.9 Å². The Bertz CT molecular complexity index is 775. The SMILES string of the molecule is Cc1ccc(S(=O)(=O)NCC(O)c2ccccc2C)cc1F. The number of benzene rings is 2. The third-order valence-electron chi connectivity index (χ3n) is 3.47. The van der Waals surface area contributed by atoms with Crippen LogP contribution in [-0.4, -0.2) is 20.1 Å². The number of rotatable bonds is 5. The van der Waals surface area contributed by atoms with Gasteiger partial charge in [0.1, 0.15) is 5.82 Å². The topological polar surface area (TPSA) is 66.4 Å². The van der Waals surface area contributed by atoms with E-state index in [-0.39, 0.29) is 11.4 Å². The lowest BCUT2D eigenvalue weighted by molar-refractivity contribution is 0.181. The van der Waals surface area contributed by atoms with Gasteiger partial charge in [0.25, 0.3) is 0 Å². The molecule has 0 radical (unpaired) electrons. The van der Waals surface area contributed by atoms with Crippen LogP contribution in [0.1, 0.15) is 22.8 Å². The molecule has 0 bridgehead atoms. The number of nitrogens with one attached hydrogen (secondary N) is 1. The van der Waals surface area contributed by atoms with Gasteiger partial charge in [-0.15, -0.1) is 0 Å². The van der Waals surface area contributed by atoms with Crippen molar-refractivity contribution >= 4 is 10.0 Å². The van der Waals surface area contributed by atoms with Gasteiger partial charge in [-0.3, -0.25) is 0 Å². The Balaban J connectivity index is 2.13. The minimum atomic E-state index is -3.87. The van der Waals surface area contributed by atoms with Crippen LogP contribution in [0.5, 0.6) is 0 Å². The van der Waals surface area contributed by atoms with E-state index >= 15 is 0 Å². The zero-order chi connectivity index (χ0) is 16.3. The normalized spacial score (nSPS) is 13.1. The van der Waals surface area contributed by atoms with Crippen molar-refractivity contribution in [1.29, 1.82) is 0 Å². The predicted octanol–water partition coefficient (Wildman–Crippen LogP) is 2.45. The average Bonchev–Trinajstić information content (AvgIpc) is 2.48. The van der Waals surface area contributed by atoms with Crippen molar-refractivity contribution in [3.63, 3.8) is 0 Å². The van der Waals surface area contributed by atoms with Crippen molar-refractivity contribution in [2.45, 2.75) is 24.8 Å². The molecule has 0 heterocycles. The molecular weight excluding hydrogens is 305 g/mol. The van der Waals surface area contributed by atoms with E-state index in [0.717, 1.165) is 11.6 Å². The molecule has 2 aromatic rings. The number of aliphatic hydroxyl groups is 1. The number of aryl methyl sites for hydroxylation is 2. The highest BCUT2D eigenvalue weighted by Crippen LogP contribution is 2.18. The summed E-state index contributed by atoms with van der Waals surface area (Å²) >= 11 is 0. The van der Waals surface area contributed by atoms with E-state index in [0.29, 0.717) is 11.1 Å². The molecule has 2 N–H and O–H groups in total. The molecule has 2 aromatic carbocycles. The second kappa shape index (κ2) is 6.56. The van der Waals surface area contributed by atoms with Gasteiger partial charge in [0.05, 0.1) is 11.0 Å². The second-order valence-corrected chi connectivity index (χ2v) is 6.90. The Morgan fingerprint density at radius 1 is 1.14 bits per heavy atom. The van der Waals surface area contributed by atoms with Crippen LogP contribution in [0.2, 0.25) is 0 Å². The van der Waals surface area contributed by atoms with Crippen LogP contribution in [-0.2, 0) is 10.0 Å². The van der Waals surface area contributed by atoms with Crippen LogP contribution >= 0.6 is 0 Å². The van der Waals surface area contributed by atoms with Gasteiger partial charge in [0.2, 0.25) is 10.0 Å². The fourth-order valence-electron chi connectivity index (χ4n) is 2.08. The highest BCUT2D eigenvalue weighted by Gasteiger charge is 2.18. The lowest BCUT2D eigenvalue weighted by atomic mass is 10.0. The van der Waals surface area contributed by atoms with Gasteiger partial charge in [-0.1, -0.05) is 30.3 Å². The fourth-order valence-corrected chi connectivity index (χ4v) is 3.13. The molecule has 4 nitrogen and oxygen atoms in total. The summed E-state index contributed by atoms with van der Waals surface area (Å²) in [7, 11) is -3.87. The van der Waals surface area contributed by atoms with Crippen LogP contribution in [0.15, 0.2) is 47.4 Å². The number of sulfonamides is 1. The average molecular weight is 323 g/mol. The Hall–Kier alpha value is -1.76. The standard InChI is InChI=1S/C16H18FNO3S/c1-11-5-3-4-6-14(11)16(19)10-18-22(20,21)13-8-7-12(2)15(17)9-13/h3-9,16,18-19H,10H2,1-2H3. The van der Waals surface area contributed by atoms with Gasteiger partial charge in [0.15, 0.2) is 0 Å². The predicted molar refractivity (Wildman–Crippen MR) is 82.5 cm³/mol. The number of halogens is 1. The number of aliphatic hydroxyl groups excluding tert-OH is 1. The molecule has 6 heteroatoms. The van der Waals surface area contributed by atoms with Crippen molar-refractivity contribution in [3.05, 3.63) is 65.0 Å². The van der Waals surface area contributed by atoms with Gasteiger partial charge in [-0.25, -0.2) is 17.5 Å². The summed E-state index contributed by atoms with van der Waals surface area (Å²) in [6.07, 6.45) is -0.966. The first-order chi connectivity index (χ1) is 10.3. The molecule has 0 saturated carbocycles. The molecule has 0 aliphatic carbocycles. The van der Waals surface area contributed by atoms with Crippen LogP contribution in [0.25, 0.3) is 0 Å². The Labute approximate surface area is 129 Å². The molecule has 1 unspecified atom stereocenters. The van der Waals surface area contributed by atoms with Crippen molar-refractivity contribution in [3.8, 4) is 0 Å². The third kappa shape index (κ3) is 3.71. The van der Waals surface area contributed by atoms with Crippen LogP contribution in [0, 0.1) is 19.7 Å². The van der Waals surface area contributed by atoms with Gasteiger partial charge in [-0.2, -0.15) is 0 Å². The summed E-state index contributed by atoms with van der Waals surface area (Å²) in [6, 6.07) is 10.9. The number of hydrogen-bond donors (Lipinski definition) is 2. The first kappa shape index (κ1) is 16.6. The zero-order valence-electron chi connectivity index (χ0n) is 12.4. The van der Waals surface area contributed by atoms with E-state index < -0.39 is 21.9 Å². The monoisotopic (exact) mass is 323 g/mol. The molecule has 0 aliphatic heterocycles. The van der Waals surface area contributed by atoms with Crippen molar-refractivity contribution in [1.82, 2.24) is 4.72 Å². The van der Waals surface area contributed by atoms with E-state index in [1.165, 1.54) is 12.1 Å². The van der Waals surface area contributed by atoms with Gasteiger partial charge < -0.3 is 5.11 Å². The lowest BCUT2D eigenvalue weighted by Gasteiger charge is -2.15. The van der Waals surface area contributed by atoms with Crippen LogP contribution in [0.4, 0.5) is 4.39 Å². The van der Waals surface area contributed by atoms with E-state index in [4.69, 9.17) is 0 Å². The van der Waals surface area contributed by atoms with Gasteiger partial charge in [0, 0.05) is 6.54 Å². The smallest absolute Gasteiger partial charge is 0.240 e. The van der Waals surface area contributed by atoms with Crippen LogP contribution in [0.3, 0.4) is 0 Å². The summed E-state index contributed by atoms with van der Waals surface area (Å²) in [4.78, 5) is -0.160. The fraction of sp³-hybridized carbons (Fsp3) is 0.250. The van der Waals surface area contributed by atoms with Crippen molar-refractivity contribution in [2.24, 2.45) is 0 Å². The molecule has 0 amide bonds. The Morgan fingerprint density at radius 2 is 1.82 bits per heavy atom. The van der Waals surface area contributed by atoms with Gasteiger partial charge in [-0.05, 0) is 42.7 Å². The molecule has 0 aliphatic rings. The van der Waals surface area contributed by atoms with E-state index in [2.05, 4.69) is 4.72 Å². The molecular formula is C16H18FNO3S. The summed E-state index contributed by atoms with van der Waals surface area (Å²) in [5.74, 6) is -0.581. The minimum Gasteiger partial charge on any atom is -0.387 e. The first-order valence-electron chi connectivity index (χ1n) is 6.80. The maximum absolute atomic E-state index is 13.5. The van der Waals surface area contributed by atoms with E-state index in [1.54, 1.807) is 19.1 Å². The summed E-state index contributed by atoms with van der Waals surface area (Å²) in [6.45, 7) is 3.21. The largest absolute Gasteiger partial charge is 0.387 e. The second-order valence-electron chi connectivity index (χ2n) is 5.14. The third-order valence-corrected chi connectivity index (χ3v) is 4.89. The lowest BCUT2D eigenvalue weighted by Crippen LogP contribution is -2.29. The summed E-state index contributed by atoms with van der Waals surface area (Å²) in [5.41, 5.74) is 1.90. The molecule has 22 heavy (non-hydrogen) atoms. The van der Waals surface area contributed by atoms with Crippen molar-refractivity contribution < 1.29 is 17.9 Å². The van der Waals surface area contributed by atoms with Gasteiger partial charge >= 0.3 is 0 Å². The maximum Gasteiger partial charge on any atom is 0.240 e. The zero-order valence-corrected chi connectivity index (χ0v) is 13.2. The summed E-state index contributed by atoms with van der Waals surface area (Å²) in [5, 5.41) is 10.1. The highest BCUT2D eigenvalue weighted by atomic mass is 32.2. The minimum absolute atomic E-state index is 0.160. The molecule has 0 fully saturated rings. The highest BCUT2D eigenvalue weighted by molar-refractivity contribution is 7.89. The Morgan fingerprint density at radius 3 is 2.45 bits per heavy atom. The quantitative estimate of drug-likeness (QED) is 0.888. The Kier molecular flexibility index (Phi) is 4.95. The molecule has 118 valence electrons. The van der Waals surface area contributed by atoms with Crippen LogP contribution < -0.4 is 4.72 Å². The number of hydrogen-bond acceptors (Lipinski definition) is 3. The maximum atomic E-state index is 13.5. The molecule has 0 aromatic heterocycles. The summed E-state index contributed by atoms with van der Waals surface area (Å²) < 4.78 is 40.0. The van der Waals surface area contributed by atoms with E-state index in [1.807, 2.05) is 19.1 Å². The first-order valence-corrected chi connectivity index (χ1v) is 8.29.